The number of hydrogen-bond donors (Lipinski definition) is 1. The molecule has 0 aromatic heterocycles. The van der Waals surface area contributed by atoms with E-state index in [1.165, 1.54) is 0 Å². The zero-order valence-electron chi connectivity index (χ0n) is 6.03. The quantitative estimate of drug-likeness (QED) is 0.383. The van der Waals surface area contributed by atoms with Gasteiger partial charge in [0.1, 0.15) is 0 Å². The highest BCUT2D eigenvalue weighted by Crippen LogP contribution is 1.86. The van der Waals surface area contributed by atoms with E-state index in [4.69, 9.17) is 4.55 Å². The van der Waals surface area contributed by atoms with E-state index in [9.17, 15) is 4.21 Å². The van der Waals surface area contributed by atoms with Crippen molar-refractivity contribution in [3.05, 3.63) is 0 Å². The third kappa shape index (κ3) is 5.71. The molecule has 1 N–H and O–H groups in total. The SMILES string of the molecule is CCC(C)=NOCS(=O)O. The fraction of sp³-hybridized carbons (Fsp3) is 0.800. The summed E-state index contributed by atoms with van der Waals surface area (Å²) in [6, 6.07) is 0. The van der Waals surface area contributed by atoms with Gasteiger partial charge in [0.15, 0.2) is 11.1 Å². The van der Waals surface area contributed by atoms with Crippen molar-refractivity contribution in [2.75, 3.05) is 5.94 Å². The van der Waals surface area contributed by atoms with Crippen LogP contribution in [0, 0.1) is 0 Å². The van der Waals surface area contributed by atoms with E-state index in [2.05, 4.69) is 9.99 Å². The number of rotatable bonds is 4. The summed E-state index contributed by atoms with van der Waals surface area (Å²) in [5.41, 5.74) is 0.811. The minimum absolute atomic E-state index is 0.253. The molecule has 0 rings (SSSR count). The molecule has 0 aromatic carbocycles. The van der Waals surface area contributed by atoms with E-state index in [1.807, 2.05) is 6.92 Å². The van der Waals surface area contributed by atoms with Crippen LogP contribution in [0.5, 0.6) is 0 Å². The van der Waals surface area contributed by atoms with Gasteiger partial charge >= 0.3 is 0 Å². The molecule has 0 spiro atoms. The largest absolute Gasteiger partial charge is 0.380 e. The summed E-state index contributed by atoms with van der Waals surface area (Å²) in [5.74, 6) is -0.253. The van der Waals surface area contributed by atoms with Gasteiger partial charge in [-0.15, -0.1) is 0 Å². The van der Waals surface area contributed by atoms with Gasteiger partial charge in [-0.25, -0.2) is 4.21 Å². The van der Waals surface area contributed by atoms with Gasteiger partial charge in [-0.3, -0.25) is 0 Å². The van der Waals surface area contributed by atoms with Gasteiger partial charge in [0.2, 0.25) is 5.94 Å². The summed E-state index contributed by atoms with van der Waals surface area (Å²) in [4.78, 5) is 4.49. The highest BCUT2D eigenvalue weighted by Gasteiger charge is 1.91. The lowest BCUT2D eigenvalue weighted by atomic mass is 10.3. The first kappa shape index (κ1) is 9.58. The van der Waals surface area contributed by atoms with Crippen LogP contribution < -0.4 is 0 Å². The van der Waals surface area contributed by atoms with Crippen LogP contribution in [0.15, 0.2) is 5.16 Å². The highest BCUT2D eigenvalue weighted by atomic mass is 32.2. The standard InChI is InChI=1S/C5H11NO3S/c1-3-5(2)6-9-4-10(7)8/h3-4H2,1-2H3,(H,7,8). The van der Waals surface area contributed by atoms with Gasteiger partial charge in [0.25, 0.3) is 0 Å². The normalized spacial score (nSPS) is 14.9. The molecule has 0 aromatic rings. The number of nitrogens with zero attached hydrogens (tertiary/aromatic N) is 1. The number of oxime groups is 1. The monoisotopic (exact) mass is 165 g/mol. The van der Waals surface area contributed by atoms with Crippen molar-refractivity contribution in [1.82, 2.24) is 0 Å². The first-order valence-electron chi connectivity index (χ1n) is 2.89. The van der Waals surface area contributed by atoms with Gasteiger partial charge in [-0.2, -0.15) is 0 Å². The van der Waals surface area contributed by atoms with Crippen molar-refractivity contribution in [2.24, 2.45) is 5.16 Å². The second-order valence-corrected chi connectivity index (χ2v) is 2.63. The Morgan fingerprint density at radius 1 is 1.80 bits per heavy atom. The molecule has 0 radical (unpaired) electrons. The van der Waals surface area contributed by atoms with Crippen molar-refractivity contribution in [1.29, 1.82) is 0 Å². The van der Waals surface area contributed by atoms with E-state index in [0.717, 1.165) is 12.1 Å². The van der Waals surface area contributed by atoms with Crippen molar-refractivity contribution < 1.29 is 13.6 Å². The van der Waals surface area contributed by atoms with Crippen LogP contribution >= 0.6 is 0 Å². The maximum absolute atomic E-state index is 9.99. The molecule has 0 heterocycles. The third-order valence-electron chi connectivity index (χ3n) is 0.886. The Hall–Kier alpha value is -0.420. The van der Waals surface area contributed by atoms with Crippen LogP contribution in [0.1, 0.15) is 20.3 Å². The molecule has 0 aliphatic heterocycles. The lowest BCUT2D eigenvalue weighted by Crippen LogP contribution is -1.98. The molecule has 0 bridgehead atoms. The molecule has 1 unspecified atom stereocenters. The van der Waals surface area contributed by atoms with E-state index >= 15 is 0 Å². The molecule has 0 fully saturated rings. The maximum Gasteiger partial charge on any atom is 0.216 e. The zero-order valence-corrected chi connectivity index (χ0v) is 6.85. The van der Waals surface area contributed by atoms with Gasteiger partial charge in [0, 0.05) is 0 Å². The molecule has 4 nitrogen and oxygen atoms in total. The molecule has 5 heteroatoms. The Labute approximate surface area is 62.5 Å². The Morgan fingerprint density at radius 2 is 2.40 bits per heavy atom. The lowest BCUT2D eigenvalue weighted by molar-refractivity contribution is 0.187. The van der Waals surface area contributed by atoms with Gasteiger partial charge in [-0.1, -0.05) is 12.1 Å². The van der Waals surface area contributed by atoms with E-state index in [0.29, 0.717) is 0 Å². The van der Waals surface area contributed by atoms with Crippen LogP contribution in [0.3, 0.4) is 0 Å². The minimum atomic E-state index is -1.91. The van der Waals surface area contributed by atoms with Crippen LogP contribution in [-0.2, 0) is 15.9 Å². The minimum Gasteiger partial charge on any atom is -0.380 e. The average Bonchev–Trinajstić information content (AvgIpc) is 1.87. The second kappa shape index (κ2) is 5.37. The summed E-state index contributed by atoms with van der Waals surface area (Å²) in [6.45, 7) is 3.72. The van der Waals surface area contributed by atoms with Crippen molar-refractivity contribution in [3.8, 4) is 0 Å². The van der Waals surface area contributed by atoms with Gasteiger partial charge < -0.3 is 9.39 Å². The highest BCUT2D eigenvalue weighted by molar-refractivity contribution is 7.79. The molecule has 1 atom stereocenters. The molecule has 0 saturated heterocycles. The summed E-state index contributed by atoms with van der Waals surface area (Å²) in [7, 11) is 0. The summed E-state index contributed by atoms with van der Waals surface area (Å²) in [5, 5.41) is 3.55. The first-order valence-corrected chi connectivity index (χ1v) is 4.17. The van der Waals surface area contributed by atoms with Crippen LogP contribution in [0.4, 0.5) is 0 Å². The van der Waals surface area contributed by atoms with Gasteiger partial charge in [-0.05, 0) is 13.3 Å². The van der Waals surface area contributed by atoms with Crippen molar-refractivity contribution in [3.63, 3.8) is 0 Å². The topological polar surface area (TPSA) is 58.9 Å². The molecular weight excluding hydrogens is 154 g/mol. The average molecular weight is 165 g/mol. The molecule has 0 saturated carbocycles. The van der Waals surface area contributed by atoms with Crippen LogP contribution in [0.2, 0.25) is 0 Å². The molecule has 10 heavy (non-hydrogen) atoms. The fourth-order valence-corrected chi connectivity index (χ4v) is 0.389. The molecular formula is C5H11NO3S. The predicted molar refractivity (Wildman–Crippen MR) is 40.1 cm³/mol. The zero-order chi connectivity index (χ0) is 7.98. The Bertz CT molecular complexity index is 146. The van der Waals surface area contributed by atoms with Crippen LogP contribution in [0.25, 0.3) is 0 Å². The van der Waals surface area contributed by atoms with Gasteiger partial charge in [0.05, 0.1) is 5.71 Å². The summed E-state index contributed by atoms with van der Waals surface area (Å²) >= 11 is -1.91. The molecule has 60 valence electrons. The Balaban J connectivity index is 3.43. The van der Waals surface area contributed by atoms with E-state index < -0.39 is 11.1 Å². The van der Waals surface area contributed by atoms with Crippen molar-refractivity contribution >= 4 is 16.8 Å². The number of hydrogen-bond acceptors (Lipinski definition) is 3. The maximum atomic E-state index is 9.99. The molecule has 0 amide bonds. The van der Waals surface area contributed by atoms with Crippen molar-refractivity contribution in [2.45, 2.75) is 20.3 Å². The Kier molecular flexibility index (Phi) is 5.15. The first-order chi connectivity index (χ1) is 4.66. The fourth-order valence-electron chi connectivity index (χ4n) is 0.246. The smallest absolute Gasteiger partial charge is 0.216 e. The predicted octanol–water partition coefficient (Wildman–Crippen LogP) is 0.968. The van der Waals surface area contributed by atoms with Crippen LogP contribution in [-0.4, -0.2) is 20.4 Å². The van der Waals surface area contributed by atoms with E-state index in [1.54, 1.807) is 6.92 Å². The lowest BCUT2D eigenvalue weighted by Gasteiger charge is -1.95. The Morgan fingerprint density at radius 3 is 2.80 bits per heavy atom. The van der Waals surface area contributed by atoms with E-state index in [-0.39, 0.29) is 5.94 Å². The molecule has 0 aliphatic carbocycles. The summed E-state index contributed by atoms with van der Waals surface area (Å²) in [6.07, 6.45) is 0.790. The molecule has 0 aliphatic rings. The third-order valence-corrected chi connectivity index (χ3v) is 1.19. The summed E-state index contributed by atoms with van der Waals surface area (Å²) < 4.78 is 18.2. The second-order valence-electron chi connectivity index (χ2n) is 1.75.